The topological polar surface area (TPSA) is 30.0 Å². The lowest BCUT2D eigenvalue weighted by Gasteiger charge is -2.10. The van der Waals surface area contributed by atoms with E-state index in [2.05, 4.69) is 26.9 Å². The van der Waals surface area contributed by atoms with E-state index >= 15 is 0 Å². The van der Waals surface area contributed by atoms with E-state index in [-0.39, 0.29) is 5.48 Å². The molecule has 0 spiro atoms. The zero-order chi connectivity index (χ0) is 9.45. The molecule has 0 aromatic rings. The highest BCUT2D eigenvalue weighted by Crippen LogP contribution is 2.47. The Morgan fingerprint density at radius 2 is 1.23 bits per heavy atom. The Balaban J connectivity index is 0. The zero-order valence-corrected chi connectivity index (χ0v) is 10.7. The van der Waals surface area contributed by atoms with E-state index in [4.69, 9.17) is 0 Å². The molecule has 0 atom stereocenters. The van der Waals surface area contributed by atoms with Gasteiger partial charge in [0.2, 0.25) is 0 Å². The van der Waals surface area contributed by atoms with Crippen LogP contribution in [-0.4, -0.2) is 31.6 Å². The minimum absolute atomic E-state index is 0. The normalized spacial score (nSPS) is 11.1. The molecule has 0 bridgehead atoms. The average Bonchev–Trinajstić information content (AvgIpc) is 1.94. The summed E-state index contributed by atoms with van der Waals surface area (Å²) in [6.45, 7) is 9.61. The Hall–Kier alpha value is 0.390. The highest BCUT2D eigenvalue weighted by molar-refractivity contribution is 7.73. The molecule has 0 aromatic heterocycles. The van der Waals surface area contributed by atoms with Crippen LogP contribution in [0, 0.1) is 0 Å². The molecule has 0 amide bonds. The van der Waals surface area contributed by atoms with Gasteiger partial charge in [0.05, 0.1) is 6.16 Å². The first kappa shape index (κ1) is 15.8. The molecule has 82 valence electrons. The maximum atomic E-state index is 2.44. The molecule has 0 radical (unpaired) electrons. The summed E-state index contributed by atoms with van der Waals surface area (Å²) >= 11 is 0. The standard InChI is InChI=1S/C11H26P.H2O/c1-5-6-7-8-9-10-11-12(2,3)4;/h5-11H2,1-4H3;1H2/q+1;/p-1. The van der Waals surface area contributed by atoms with Gasteiger partial charge in [0.15, 0.2) is 0 Å². The quantitative estimate of drug-likeness (QED) is 0.456. The van der Waals surface area contributed by atoms with Crippen molar-refractivity contribution in [1.29, 1.82) is 0 Å². The van der Waals surface area contributed by atoms with Crippen LogP contribution in [0.1, 0.15) is 45.4 Å². The molecular weight excluding hydrogens is 179 g/mol. The molecule has 1 nitrogen and oxygen atoms in total. The van der Waals surface area contributed by atoms with Gasteiger partial charge >= 0.3 is 0 Å². The fourth-order valence-corrected chi connectivity index (χ4v) is 2.54. The van der Waals surface area contributed by atoms with Crippen molar-refractivity contribution in [1.82, 2.24) is 0 Å². The predicted molar refractivity (Wildman–Crippen MR) is 64.9 cm³/mol. The second kappa shape index (κ2) is 8.97. The third-order valence-corrected chi connectivity index (χ3v) is 3.84. The van der Waals surface area contributed by atoms with Gasteiger partial charge in [0, 0.05) is 27.3 Å². The van der Waals surface area contributed by atoms with Gasteiger partial charge in [-0.2, -0.15) is 0 Å². The molecule has 2 heteroatoms. The molecule has 0 unspecified atom stereocenters. The van der Waals surface area contributed by atoms with E-state index in [0.717, 1.165) is 0 Å². The van der Waals surface area contributed by atoms with Gasteiger partial charge in [-0.25, -0.2) is 0 Å². The number of hydrogen-bond donors (Lipinski definition) is 0. The summed E-state index contributed by atoms with van der Waals surface area (Å²) in [7, 11) is -0.471. The average molecular weight is 206 g/mol. The van der Waals surface area contributed by atoms with E-state index in [0.29, 0.717) is 0 Å². The summed E-state index contributed by atoms with van der Waals surface area (Å²) in [5.41, 5.74) is 0. The Morgan fingerprint density at radius 3 is 1.69 bits per heavy atom. The molecule has 0 saturated heterocycles. The van der Waals surface area contributed by atoms with Gasteiger partial charge < -0.3 is 5.48 Å². The fourth-order valence-electron chi connectivity index (χ4n) is 1.37. The number of hydrogen-bond acceptors (Lipinski definition) is 1. The molecule has 0 fully saturated rings. The second-order valence-corrected chi connectivity index (χ2v) is 9.81. The molecule has 0 aromatic carbocycles. The maximum Gasteiger partial charge on any atom is 0.0586 e. The SMILES string of the molecule is CCCCCCCC[P+](C)(C)C.[OH-]. The second-order valence-electron chi connectivity index (χ2n) is 4.78. The predicted octanol–water partition coefficient (Wildman–Crippen LogP) is 4.08. The third kappa shape index (κ3) is 15.2. The molecule has 0 saturated carbocycles. The monoisotopic (exact) mass is 206 g/mol. The molecule has 13 heavy (non-hydrogen) atoms. The Morgan fingerprint density at radius 1 is 0.769 bits per heavy atom. The van der Waals surface area contributed by atoms with Crippen molar-refractivity contribution in [3.63, 3.8) is 0 Å². The maximum absolute atomic E-state index is 2.44. The first-order chi connectivity index (χ1) is 5.56. The van der Waals surface area contributed by atoms with E-state index in [9.17, 15) is 0 Å². The van der Waals surface area contributed by atoms with Crippen LogP contribution in [0.25, 0.3) is 0 Å². The van der Waals surface area contributed by atoms with Crippen LogP contribution in [0.2, 0.25) is 0 Å². The molecular formula is C11H27OP. The minimum atomic E-state index is -0.471. The number of unbranched alkanes of at least 4 members (excludes halogenated alkanes) is 5. The first-order valence-electron chi connectivity index (χ1n) is 5.36. The van der Waals surface area contributed by atoms with Crippen LogP contribution in [0.4, 0.5) is 0 Å². The largest absolute Gasteiger partial charge is 0.870 e. The Bertz CT molecular complexity index is 96.8. The smallest absolute Gasteiger partial charge is 0.0586 e. The molecule has 0 aliphatic heterocycles. The Kier molecular flexibility index (Phi) is 10.9. The van der Waals surface area contributed by atoms with Crippen molar-refractivity contribution >= 4 is 7.26 Å². The summed E-state index contributed by atoms with van der Waals surface area (Å²) in [4.78, 5) is 0. The van der Waals surface area contributed by atoms with Gasteiger partial charge in [-0.1, -0.05) is 32.6 Å². The summed E-state index contributed by atoms with van der Waals surface area (Å²) in [6, 6.07) is 0. The first-order valence-corrected chi connectivity index (χ1v) is 8.68. The van der Waals surface area contributed by atoms with Crippen molar-refractivity contribution < 1.29 is 5.48 Å². The minimum Gasteiger partial charge on any atom is -0.870 e. The van der Waals surface area contributed by atoms with Gasteiger partial charge in [-0.15, -0.1) is 0 Å². The van der Waals surface area contributed by atoms with Gasteiger partial charge in [0.25, 0.3) is 0 Å². The summed E-state index contributed by atoms with van der Waals surface area (Å²) in [6.07, 6.45) is 10.2. The lowest BCUT2D eigenvalue weighted by molar-refractivity contribution is 0.626. The van der Waals surface area contributed by atoms with Crippen molar-refractivity contribution in [2.24, 2.45) is 0 Å². The molecule has 1 N–H and O–H groups in total. The van der Waals surface area contributed by atoms with Gasteiger partial charge in [0.1, 0.15) is 0 Å². The summed E-state index contributed by atoms with van der Waals surface area (Å²) < 4.78 is 0. The van der Waals surface area contributed by atoms with E-state index in [1.54, 1.807) is 0 Å². The van der Waals surface area contributed by atoms with Crippen LogP contribution in [-0.2, 0) is 0 Å². The van der Waals surface area contributed by atoms with Crippen molar-refractivity contribution in [2.75, 3.05) is 26.2 Å². The molecule has 0 aliphatic carbocycles. The van der Waals surface area contributed by atoms with E-state index in [1.165, 1.54) is 44.7 Å². The van der Waals surface area contributed by atoms with Crippen LogP contribution < -0.4 is 0 Å². The van der Waals surface area contributed by atoms with Crippen LogP contribution in [0.5, 0.6) is 0 Å². The van der Waals surface area contributed by atoms with E-state index in [1.807, 2.05) is 0 Å². The van der Waals surface area contributed by atoms with Crippen molar-refractivity contribution in [3.05, 3.63) is 0 Å². The zero-order valence-electron chi connectivity index (χ0n) is 9.84. The van der Waals surface area contributed by atoms with Gasteiger partial charge in [-0.3, -0.25) is 0 Å². The molecule has 0 rings (SSSR count). The Labute approximate surface area is 85.0 Å². The third-order valence-electron chi connectivity index (χ3n) is 2.18. The molecule has 0 heterocycles. The summed E-state index contributed by atoms with van der Waals surface area (Å²) in [5, 5.41) is 0. The van der Waals surface area contributed by atoms with Crippen LogP contribution >= 0.6 is 7.26 Å². The van der Waals surface area contributed by atoms with Gasteiger partial charge in [-0.05, 0) is 12.8 Å². The van der Waals surface area contributed by atoms with E-state index < -0.39 is 7.26 Å². The lowest BCUT2D eigenvalue weighted by atomic mass is 10.1. The van der Waals surface area contributed by atoms with Crippen molar-refractivity contribution in [3.8, 4) is 0 Å². The molecule has 0 aliphatic rings. The summed E-state index contributed by atoms with van der Waals surface area (Å²) in [5.74, 6) is 0. The highest BCUT2D eigenvalue weighted by Gasteiger charge is 2.15. The van der Waals surface area contributed by atoms with Crippen LogP contribution in [0.3, 0.4) is 0 Å². The lowest BCUT2D eigenvalue weighted by Crippen LogP contribution is -1.92. The van der Waals surface area contributed by atoms with Crippen molar-refractivity contribution in [2.45, 2.75) is 45.4 Å². The highest BCUT2D eigenvalue weighted by atomic mass is 31.2. The fraction of sp³-hybridized carbons (Fsp3) is 1.00. The number of rotatable bonds is 7. The van der Waals surface area contributed by atoms with Crippen LogP contribution in [0.15, 0.2) is 0 Å².